The van der Waals surface area contributed by atoms with Crippen molar-refractivity contribution in [3.8, 4) is 5.75 Å². The molecule has 0 unspecified atom stereocenters. The van der Waals surface area contributed by atoms with Gasteiger partial charge < -0.3 is 15.0 Å². The second kappa shape index (κ2) is 8.58. The quantitative estimate of drug-likeness (QED) is 0.664. The second-order valence-electron chi connectivity index (χ2n) is 5.98. The van der Waals surface area contributed by atoms with E-state index in [0.29, 0.717) is 16.3 Å². The zero-order valence-corrected chi connectivity index (χ0v) is 15.8. The van der Waals surface area contributed by atoms with Crippen molar-refractivity contribution in [3.05, 3.63) is 97.3 Å². The minimum absolute atomic E-state index is 0.0402. The van der Waals surface area contributed by atoms with Gasteiger partial charge in [-0.1, -0.05) is 48.0 Å². The predicted octanol–water partition coefficient (Wildman–Crippen LogP) is 2.18. The number of aromatic amines is 1. The summed E-state index contributed by atoms with van der Waals surface area (Å²) in [6, 6.07) is 14.1. The minimum atomic E-state index is -0.693. The van der Waals surface area contributed by atoms with Crippen molar-refractivity contribution in [2.75, 3.05) is 7.11 Å². The zero-order chi connectivity index (χ0) is 20.1. The first-order valence-corrected chi connectivity index (χ1v) is 8.85. The summed E-state index contributed by atoms with van der Waals surface area (Å²) in [5.74, 6) is 0.0282. The molecule has 1 aromatic heterocycles. The average Bonchev–Trinajstić information content (AvgIpc) is 2.70. The number of amides is 1. The van der Waals surface area contributed by atoms with E-state index in [1.165, 1.54) is 7.11 Å². The number of rotatable bonds is 6. The van der Waals surface area contributed by atoms with E-state index in [1.807, 2.05) is 18.2 Å². The third-order valence-corrected chi connectivity index (χ3v) is 4.59. The fourth-order valence-corrected chi connectivity index (χ4v) is 2.93. The molecule has 0 saturated heterocycles. The number of ether oxygens (including phenoxy) is 1. The van der Waals surface area contributed by atoms with Crippen LogP contribution in [0.25, 0.3) is 0 Å². The van der Waals surface area contributed by atoms with Crippen molar-refractivity contribution in [3.63, 3.8) is 0 Å². The summed E-state index contributed by atoms with van der Waals surface area (Å²) in [6.07, 6.45) is 1.12. The monoisotopic (exact) mass is 399 g/mol. The van der Waals surface area contributed by atoms with Gasteiger partial charge in [0.1, 0.15) is 11.3 Å². The Labute approximate surface area is 165 Å². The van der Waals surface area contributed by atoms with Crippen LogP contribution in [0.5, 0.6) is 5.75 Å². The number of halogens is 1. The molecule has 0 aliphatic heterocycles. The van der Waals surface area contributed by atoms with Crippen LogP contribution >= 0.6 is 11.6 Å². The number of nitrogens with zero attached hydrogens (tertiary/aromatic N) is 1. The van der Waals surface area contributed by atoms with Gasteiger partial charge in [-0.15, -0.1) is 0 Å². The normalized spacial score (nSPS) is 10.5. The molecule has 0 atom stereocenters. The molecule has 3 aromatic rings. The number of nitrogens with one attached hydrogen (secondary N) is 2. The number of para-hydroxylation sites is 1. The summed E-state index contributed by atoms with van der Waals surface area (Å²) in [5.41, 5.74) is -0.114. The van der Waals surface area contributed by atoms with Gasteiger partial charge in [0.2, 0.25) is 0 Å². The van der Waals surface area contributed by atoms with Crippen LogP contribution in [-0.2, 0) is 13.1 Å². The molecule has 0 bridgehead atoms. The highest BCUT2D eigenvalue weighted by Gasteiger charge is 2.16. The van der Waals surface area contributed by atoms with E-state index in [4.69, 9.17) is 16.3 Å². The Morgan fingerprint density at radius 3 is 2.50 bits per heavy atom. The van der Waals surface area contributed by atoms with Crippen LogP contribution in [0.15, 0.2) is 64.3 Å². The molecule has 1 amide bonds. The molecule has 28 heavy (non-hydrogen) atoms. The van der Waals surface area contributed by atoms with Gasteiger partial charge >= 0.3 is 5.69 Å². The first-order valence-electron chi connectivity index (χ1n) is 8.47. The van der Waals surface area contributed by atoms with Gasteiger partial charge in [0.25, 0.3) is 11.5 Å². The Balaban J connectivity index is 1.84. The van der Waals surface area contributed by atoms with Crippen molar-refractivity contribution >= 4 is 17.5 Å². The van der Waals surface area contributed by atoms with Gasteiger partial charge in [-0.05, 0) is 17.7 Å². The molecule has 0 fully saturated rings. The number of aromatic nitrogens is 2. The van der Waals surface area contributed by atoms with Gasteiger partial charge in [-0.2, -0.15) is 0 Å². The fraction of sp³-hybridized carbons (Fsp3) is 0.150. The van der Waals surface area contributed by atoms with Gasteiger partial charge in [-0.25, -0.2) is 4.79 Å². The lowest BCUT2D eigenvalue weighted by Crippen LogP contribution is -2.40. The molecular weight excluding hydrogens is 382 g/mol. The maximum absolute atomic E-state index is 12.7. The first-order chi connectivity index (χ1) is 13.5. The number of H-pyrrole nitrogens is 1. The summed E-state index contributed by atoms with van der Waals surface area (Å²) >= 11 is 6.11. The number of carbonyl (C=O) groups excluding carboxylic acids is 1. The maximum atomic E-state index is 12.7. The lowest BCUT2D eigenvalue weighted by molar-refractivity contribution is 0.0948. The molecule has 0 radical (unpaired) electrons. The molecule has 2 N–H and O–H groups in total. The minimum Gasteiger partial charge on any atom is -0.496 e. The molecular formula is C20H18ClN3O4. The zero-order valence-electron chi connectivity index (χ0n) is 15.1. The predicted molar refractivity (Wildman–Crippen MR) is 106 cm³/mol. The number of carbonyl (C=O) groups is 1. The standard InChI is InChI=1S/C20H18ClN3O4/c1-28-17-9-5-3-6-13(17)10-22-18(25)15-11-23-20(27)24(19(15)26)12-14-7-2-4-8-16(14)21/h2-9,11H,10,12H2,1H3,(H,22,25)(H,23,27). The van der Waals surface area contributed by atoms with E-state index in [2.05, 4.69) is 10.3 Å². The topological polar surface area (TPSA) is 93.2 Å². The Morgan fingerprint density at radius 1 is 1.11 bits per heavy atom. The summed E-state index contributed by atoms with van der Waals surface area (Å²) < 4.78 is 6.19. The molecule has 2 aromatic carbocycles. The lowest BCUT2D eigenvalue weighted by Gasteiger charge is -2.11. The Morgan fingerprint density at radius 2 is 1.79 bits per heavy atom. The van der Waals surface area contributed by atoms with Crippen LogP contribution in [0.3, 0.4) is 0 Å². The highest BCUT2D eigenvalue weighted by molar-refractivity contribution is 6.31. The smallest absolute Gasteiger partial charge is 0.328 e. The van der Waals surface area contributed by atoms with Crippen LogP contribution in [0, 0.1) is 0 Å². The Bertz CT molecular complexity index is 1120. The highest BCUT2D eigenvalue weighted by atomic mass is 35.5. The molecule has 0 spiro atoms. The van der Waals surface area contributed by atoms with Crippen molar-refractivity contribution in [2.45, 2.75) is 13.1 Å². The summed E-state index contributed by atoms with van der Waals surface area (Å²) in [6.45, 7) is 0.132. The van der Waals surface area contributed by atoms with E-state index in [1.54, 1.807) is 30.3 Å². The van der Waals surface area contributed by atoms with Gasteiger partial charge in [-0.3, -0.25) is 14.2 Å². The molecule has 0 aliphatic carbocycles. The number of hydrogen-bond donors (Lipinski definition) is 2. The van der Waals surface area contributed by atoms with Crippen LogP contribution < -0.4 is 21.3 Å². The van der Waals surface area contributed by atoms with Gasteiger partial charge in [0.05, 0.1) is 13.7 Å². The molecule has 8 heteroatoms. The van der Waals surface area contributed by atoms with Crippen molar-refractivity contribution < 1.29 is 9.53 Å². The van der Waals surface area contributed by atoms with E-state index < -0.39 is 17.2 Å². The van der Waals surface area contributed by atoms with E-state index in [0.717, 1.165) is 16.3 Å². The van der Waals surface area contributed by atoms with Gasteiger partial charge in [0.15, 0.2) is 0 Å². The van der Waals surface area contributed by atoms with Crippen molar-refractivity contribution in [2.24, 2.45) is 0 Å². The number of hydrogen-bond acceptors (Lipinski definition) is 4. The first kappa shape index (κ1) is 19.4. The molecule has 144 valence electrons. The van der Waals surface area contributed by atoms with Crippen LogP contribution in [-0.4, -0.2) is 22.6 Å². The molecule has 0 aliphatic rings. The molecule has 7 nitrogen and oxygen atoms in total. The Kier molecular flexibility index (Phi) is 5.96. The van der Waals surface area contributed by atoms with E-state index in [-0.39, 0.29) is 18.7 Å². The average molecular weight is 400 g/mol. The second-order valence-corrected chi connectivity index (χ2v) is 6.39. The Hall–Kier alpha value is -3.32. The third kappa shape index (κ3) is 4.15. The van der Waals surface area contributed by atoms with Crippen LogP contribution in [0.1, 0.15) is 21.5 Å². The largest absolute Gasteiger partial charge is 0.496 e. The molecule has 0 saturated carbocycles. The highest BCUT2D eigenvalue weighted by Crippen LogP contribution is 2.17. The number of benzene rings is 2. The lowest BCUT2D eigenvalue weighted by atomic mass is 10.2. The van der Waals surface area contributed by atoms with Crippen molar-refractivity contribution in [1.82, 2.24) is 14.9 Å². The van der Waals surface area contributed by atoms with E-state index in [9.17, 15) is 14.4 Å². The summed E-state index contributed by atoms with van der Waals surface area (Å²) in [5, 5.41) is 3.10. The summed E-state index contributed by atoms with van der Waals surface area (Å²) in [4.78, 5) is 39.7. The van der Waals surface area contributed by atoms with E-state index >= 15 is 0 Å². The third-order valence-electron chi connectivity index (χ3n) is 4.22. The molecule has 3 rings (SSSR count). The molecule has 1 heterocycles. The fourth-order valence-electron chi connectivity index (χ4n) is 2.73. The van der Waals surface area contributed by atoms with Crippen LogP contribution in [0.4, 0.5) is 0 Å². The van der Waals surface area contributed by atoms with Gasteiger partial charge in [0, 0.05) is 23.3 Å². The van der Waals surface area contributed by atoms with Crippen LogP contribution in [0.2, 0.25) is 5.02 Å². The maximum Gasteiger partial charge on any atom is 0.328 e. The summed E-state index contributed by atoms with van der Waals surface area (Å²) in [7, 11) is 1.54. The van der Waals surface area contributed by atoms with Crippen molar-refractivity contribution in [1.29, 1.82) is 0 Å². The number of methoxy groups -OCH3 is 1. The SMILES string of the molecule is COc1ccccc1CNC(=O)c1c[nH]c(=O)n(Cc2ccccc2Cl)c1=O.